The van der Waals surface area contributed by atoms with Crippen molar-refractivity contribution >= 4 is 46.7 Å². The monoisotopic (exact) mass is 436 g/mol. The summed E-state index contributed by atoms with van der Waals surface area (Å²) in [6.45, 7) is 2.19. The van der Waals surface area contributed by atoms with Crippen LogP contribution < -0.4 is 5.32 Å². The van der Waals surface area contributed by atoms with Crippen molar-refractivity contribution in [1.29, 1.82) is 0 Å². The van der Waals surface area contributed by atoms with Crippen molar-refractivity contribution in [3.05, 3.63) is 56.1 Å². The number of rotatable bonds is 8. The lowest BCUT2D eigenvalue weighted by atomic mass is 10.3. The standard InChI is InChI=1S/C17H16N4O6S2/c1-3-26-16(23)13-14(18-15(22)11-6-7-12(27-11)21(24)25)19-17(28-2)20(13)9-10-5-4-8-29-10/h4-8H,3,9H2,1-2H3,(H,18,22). The maximum atomic E-state index is 12.6. The molecule has 1 amide bonds. The topological polar surface area (TPSA) is 130 Å². The summed E-state index contributed by atoms with van der Waals surface area (Å²) < 4.78 is 11.7. The van der Waals surface area contributed by atoms with Gasteiger partial charge in [-0.3, -0.25) is 14.9 Å². The fourth-order valence-corrected chi connectivity index (χ4v) is 3.76. The molecule has 10 nitrogen and oxygen atoms in total. The number of amides is 1. The van der Waals surface area contributed by atoms with E-state index < -0.39 is 22.7 Å². The van der Waals surface area contributed by atoms with Crippen LogP contribution in [0.25, 0.3) is 0 Å². The Labute approximate surface area is 173 Å². The van der Waals surface area contributed by atoms with Gasteiger partial charge < -0.3 is 19.0 Å². The number of hydrogen-bond acceptors (Lipinski definition) is 9. The lowest BCUT2D eigenvalue weighted by molar-refractivity contribution is -0.402. The van der Waals surface area contributed by atoms with Gasteiger partial charge in [-0.15, -0.1) is 11.3 Å². The number of furan rings is 1. The van der Waals surface area contributed by atoms with Crippen molar-refractivity contribution in [2.45, 2.75) is 18.6 Å². The van der Waals surface area contributed by atoms with Crippen LogP contribution in [0.4, 0.5) is 11.7 Å². The zero-order valence-corrected chi connectivity index (χ0v) is 17.0. The Kier molecular flexibility index (Phi) is 6.34. The maximum absolute atomic E-state index is 12.6. The summed E-state index contributed by atoms with van der Waals surface area (Å²) >= 11 is 2.82. The number of hydrogen-bond donors (Lipinski definition) is 1. The van der Waals surface area contributed by atoms with Crippen LogP contribution in [0.3, 0.4) is 0 Å². The largest absolute Gasteiger partial charge is 0.461 e. The van der Waals surface area contributed by atoms with Gasteiger partial charge in [-0.2, -0.15) is 0 Å². The molecule has 0 radical (unpaired) electrons. The number of nitrogens with zero attached hydrogens (tertiary/aromatic N) is 3. The summed E-state index contributed by atoms with van der Waals surface area (Å²) in [5.41, 5.74) is 0.0824. The van der Waals surface area contributed by atoms with Crippen molar-refractivity contribution in [2.24, 2.45) is 0 Å². The lowest BCUT2D eigenvalue weighted by Crippen LogP contribution is -2.18. The van der Waals surface area contributed by atoms with Gasteiger partial charge in [-0.1, -0.05) is 17.8 Å². The molecule has 12 heteroatoms. The Balaban J connectivity index is 1.97. The predicted molar refractivity (Wildman–Crippen MR) is 107 cm³/mol. The summed E-state index contributed by atoms with van der Waals surface area (Å²) in [6, 6.07) is 6.07. The average molecular weight is 436 g/mol. The highest BCUT2D eigenvalue weighted by molar-refractivity contribution is 7.98. The molecule has 3 heterocycles. The molecule has 3 rings (SSSR count). The van der Waals surface area contributed by atoms with Crippen LogP contribution in [-0.4, -0.2) is 39.2 Å². The van der Waals surface area contributed by atoms with Crippen LogP contribution in [0.15, 0.2) is 39.2 Å². The third-order valence-corrected chi connectivity index (χ3v) is 5.24. The Morgan fingerprint density at radius 2 is 2.21 bits per heavy atom. The Morgan fingerprint density at radius 3 is 2.79 bits per heavy atom. The highest BCUT2D eigenvalue weighted by Crippen LogP contribution is 2.27. The van der Waals surface area contributed by atoms with Gasteiger partial charge in [-0.25, -0.2) is 9.78 Å². The molecule has 0 aliphatic carbocycles. The van der Waals surface area contributed by atoms with E-state index in [1.165, 1.54) is 29.2 Å². The minimum Gasteiger partial charge on any atom is -0.461 e. The highest BCUT2D eigenvalue weighted by atomic mass is 32.2. The Bertz CT molecular complexity index is 1040. The van der Waals surface area contributed by atoms with Crippen LogP contribution >= 0.6 is 23.1 Å². The minimum absolute atomic E-state index is 0.00610. The SMILES string of the molecule is CCOC(=O)c1c(NC(=O)c2ccc([N+](=O)[O-])o2)nc(SC)n1Cc1cccs1. The summed E-state index contributed by atoms with van der Waals surface area (Å²) in [7, 11) is 0. The number of nitrogens with one attached hydrogen (secondary N) is 1. The molecule has 0 saturated heterocycles. The molecule has 0 spiro atoms. The highest BCUT2D eigenvalue weighted by Gasteiger charge is 2.27. The summed E-state index contributed by atoms with van der Waals surface area (Å²) in [4.78, 5) is 40.4. The first-order chi connectivity index (χ1) is 13.9. The predicted octanol–water partition coefficient (Wildman–Crippen LogP) is 3.65. The molecule has 3 aromatic heterocycles. The van der Waals surface area contributed by atoms with Gasteiger partial charge in [0, 0.05) is 4.88 Å². The van der Waals surface area contributed by atoms with Gasteiger partial charge in [0.1, 0.15) is 4.92 Å². The van der Waals surface area contributed by atoms with Crippen molar-refractivity contribution in [3.8, 4) is 0 Å². The maximum Gasteiger partial charge on any atom is 0.433 e. The van der Waals surface area contributed by atoms with Gasteiger partial charge in [0.05, 0.1) is 19.2 Å². The first-order valence-corrected chi connectivity index (χ1v) is 10.4. The van der Waals surface area contributed by atoms with E-state index in [4.69, 9.17) is 9.15 Å². The van der Waals surface area contributed by atoms with Gasteiger partial charge in [0.25, 0.3) is 5.91 Å². The van der Waals surface area contributed by atoms with Crippen molar-refractivity contribution < 1.29 is 23.7 Å². The van der Waals surface area contributed by atoms with E-state index in [2.05, 4.69) is 10.3 Å². The third kappa shape index (κ3) is 4.49. The molecule has 0 aromatic carbocycles. The third-order valence-electron chi connectivity index (χ3n) is 3.71. The van der Waals surface area contributed by atoms with Crippen LogP contribution in [-0.2, 0) is 11.3 Å². The number of carbonyl (C=O) groups is 2. The molecule has 0 saturated carbocycles. The number of ether oxygens (including phenoxy) is 1. The average Bonchev–Trinajstić information content (AvgIpc) is 3.42. The van der Waals surface area contributed by atoms with E-state index in [1.807, 2.05) is 17.5 Å². The van der Waals surface area contributed by atoms with E-state index in [-0.39, 0.29) is 23.9 Å². The lowest BCUT2D eigenvalue weighted by Gasteiger charge is -2.10. The fourth-order valence-electron chi connectivity index (χ4n) is 2.50. The molecule has 0 aliphatic heterocycles. The number of thiophene rings is 1. The van der Waals surface area contributed by atoms with Crippen LogP contribution in [0, 0.1) is 10.1 Å². The van der Waals surface area contributed by atoms with Gasteiger partial charge in [0.15, 0.2) is 22.4 Å². The van der Waals surface area contributed by atoms with E-state index in [0.717, 1.165) is 10.9 Å². The fraction of sp³-hybridized carbons (Fsp3) is 0.235. The minimum atomic E-state index is -0.767. The van der Waals surface area contributed by atoms with E-state index in [9.17, 15) is 19.7 Å². The van der Waals surface area contributed by atoms with E-state index in [0.29, 0.717) is 11.7 Å². The molecule has 29 heavy (non-hydrogen) atoms. The summed E-state index contributed by atoms with van der Waals surface area (Å²) in [6.07, 6.45) is 1.80. The van der Waals surface area contributed by atoms with Crippen molar-refractivity contribution in [3.63, 3.8) is 0 Å². The number of esters is 1. The molecule has 3 aromatic rings. The second-order valence-corrected chi connectivity index (χ2v) is 7.34. The molecule has 0 unspecified atom stereocenters. The zero-order chi connectivity index (χ0) is 21.0. The molecule has 0 atom stereocenters. The number of nitro groups is 1. The van der Waals surface area contributed by atoms with Crippen molar-refractivity contribution in [2.75, 3.05) is 18.2 Å². The van der Waals surface area contributed by atoms with Crippen LogP contribution in [0.2, 0.25) is 0 Å². The molecule has 152 valence electrons. The van der Waals surface area contributed by atoms with Crippen LogP contribution in [0.1, 0.15) is 32.8 Å². The van der Waals surface area contributed by atoms with E-state index >= 15 is 0 Å². The zero-order valence-electron chi connectivity index (χ0n) is 15.4. The normalized spacial score (nSPS) is 10.7. The Morgan fingerprint density at radius 1 is 1.41 bits per heavy atom. The summed E-state index contributed by atoms with van der Waals surface area (Å²) in [5, 5.41) is 15.7. The van der Waals surface area contributed by atoms with Gasteiger partial charge >= 0.3 is 11.9 Å². The Hall–Kier alpha value is -3.12. The van der Waals surface area contributed by atoms with Crippen molar-refractivity contribution in [1.82, 2.24) is 9.55 Å². The van der Waals surface area contributed by atoms with Gasteiger partial charge in [0.2, 0.25) is 0 Å². The molecule has 0 bridgehead atoms. The molecule has 1 N–H and O–H groups in total. The summed E-state index contributed by atoms with van der Waals surface area (Å²) in [5.74, 6) is -2.25. The first-order valence-electron chi connectivity index (χ1n) is 8.34. The second-order valence-electron chi connectivity index (χ2n) is 5.53. The number of imidazole rings is 1. The smallest absolute Gasteiger partial charge is 0.433 e. The van der Waals surface area contributed by atoms with Gasteiger partial charge in [-0.05, 0) is 30.7 Å². The second kappa shape index (κ2) is 8.92. The molecular formula is C17H16N4O6S2. The molecular weight excluding hydrogens is 420 g/mol. The van der Waals surface area contributed by atoms with E-state index in [1.54, 1.807) is 17.7 Å². The number of thioether (sulfide) groups is 1. The van der Waals surface area contributed by atoms with Crippen LogP contribution in [0.5, 0.6) is 0 Å². The molecule has 0 fully saturated rings. The number of aromatic nitrogens is 2. The number of anilines is 1. The first kappa shape index (κ1) is 20.6. The molecule has 0 aliphatic rings. The number of carbonyl (C=O) groups excluding carboxylic acids is 2. The quantitative estimate of drug-likeness (QED) is 0.245.